The Kier molecular flexibility index (Phi) is 16.4. The smallest absolute Gasteiger partial charge is 0.0698 e. The third-order valence-corrected chi connectivity index (χ3v) is 6.40. The van der Waals surface area contributed by atoms with Crippen molar-refractivity contribution in [2.24, 2.45) is 0 Å². The molecule has 0 unspecified atom stereocenters. The van der Waals surface area contributed by atoms with Gasteiger partial charge in [0.1, 0.15) is 0 Å². The normalized spacial score (nSPS) is 32.8. The van der Waals surface area contributed by atoms with Gasteiger partial charge in [0.2, 0.25) is 0 Å². The molecule has 0 aromatic rings. The molecular formula is C28H50N2O2. The summed E-state index contributed by atoms with van der Waals surface area (Å²) in [6.07, 6.45) is 30.0. The molecule has 0 bridgehead atoms. The van der Waals surface area contributed by atoms with Gasteiger partial charge in [-0.2, -0.15) is 0 Å². The Labute approximate surface area is 198 Å². The summed E-state index contributed by atoms with van der Waals surface area (Å²) in [5.74, 6) is 0. The van der Waals surface area contributed by atoms with E-state index in [9.17, 15) is 10.2 Å². The maximum atomic E-state index is 10.1. The molecular weight excluding hydrogens is 396 g/mol. The molecule has 0 aromatic carbocycles. The molecule has 4 heteroatoms. The Morgan fingerprint density at radius 2 is 0.688 bits per heavy atom. The van der Waals surface area contributed by atoms with Crippen LogP contribution < -0.4 is 0 Å². The predicted octanol–water partition coefficient (Wildman–Crippen LogP) is 5.49. The predicted molar refractivity (Wildman–Crippen MR) is 139 cm³/mol. The van der Waals surface area contributed by atoms with Crippen LogP contribution in [0.15, 0.2) is 48.6 Å². The van der Waals surface area contributed by atoms with Crippen LogP contribution in [0, 0.1) is 0 Å². The van der Waals surface area contributed by atoms with Gasteiger partial charge in [-0.15, -0.1) is 0 Å². The van der Waals surface area contributed by atoms with Crippen molar-refractivity contribution < 1.29 is 10.2 Å². The van der Waals surface area contributed by atoms with Crippen molar-refractivity contribution >= 4 is 0 Å². The Bertz CT molecular complexity index is 516. The summed E-state index contributed by atoms with van der Waals surface area (Å²) in [7, 11) is 8.22. The van der Waals surface area contributed by atoms with E-state index < -0.39 is 0 Å². The van der Waals surface area contributed by atoms with Crippen LogP contribution in [0.3, 0.4) is 0 Å². The maximum Gasteiger partial charge on any atom is 0.0698 e. The fraction of sp³-hybridized carbons (Fsp3) is 0.714. The summed E-state index contributed by atoms with van der Waals surface area (Å²) in [5, 5.41) is 20.2. The van der Waals surface area contributed by atoms with Crippen molar-refractivity contribution in [2.75, 3.05) is 28.2 Å². The second kappa shape index (κ2) is 18.3. The average molecular weight is 447 g/mol. The zero-order valence-electron chi connectivity index (χ0n) is 21.2. The van der Waals surface area contributed by atoms with Crippen LogP contribution in [-0.2, 0) is 0 Å². The van der Waals surface area contributed by atoms with E-state index in [1.165, 1.54) is 0 Å². The number of aliphatic hydroxyl groups is 2. The third-order valence-electron chi connectivity index (χ3n) is 6.40. The zero-order valence-corrected chi connectivity index (χ0v) is 21.2. The van der Waals surface area contributed by atoms with Crippen molar-refractivity contribution in [3.05, 3.63) is 48.6 Å². The summed E-state index contributed by atoms with van der Waals surface area (Å²) in [6.45, 7) is 0. The van der Waals surface area contributed by atoms with Crippen molar-refractivity contribution in [3.63, 3.8) is 0 Å². The van der Waals surface area contributed by atoms with Gasteiger partial charge in [0, 0.05) is 12.1 Å². The van der Waals surface area contributed by atoms with Crippen LogP contribution in [0.1, 0.15) is 77.0 Å². The molecule has 32 heavy (non-hydrogen) atoms. The van der Waals surface area contributed by atoms with Gasteiger partial charge in [-0.25, -0.2) is 0 Å². The van der Waals surface area contributed by atoms with E-state index in [1.807, 2.05) is 0 Å². The Morgan fingerprint density at radius 1 is 0.438 bits per heavy atom. The lowest BCUT2D eigenvalue weighted by Gasteiger charge is -2.28. The standard InChI is InChI=1S/2C14H25NO/c2*1-15(2)13-11-9-7-5-3-4-6-8-10-12-14(13)16/h2*5-8,13-14,16H,3-4,9-12H2,1-2H3/b2*7-5+,8-6+/t13-,14+;13-,14-/m01/s1. The van der Waals surface area contributed by atoms with Crippen molar-refractivity contribution in [2.45, 2.75) is 101 Å². The van der Waals surface area contributed by atoms with Crippen LogP contribution in [-0.4, -0.2) is 72.5 Å². The van der Waals surface area contributed by atoms with Gasteiger partial charge >= 0.3 is 0 Å². The Morgan fingerprint density at radius 3 is 0.969 bits per heavy atom. The van der Waals surface area contributed by atoms with Gasteiger partial charge in [0.15, 0.2) is 0 Å². The molecule has 0 amide bonds. The van der Waals surface area contributed by atoms with Crippen LogP contribution in [0.5, 0.6) is 0 Å². The molecule has 0 saturated carbocycles. The highest BCUT2D eigenvalue weighted by Gasteiger charge is 2.20. The first kappa shape index (κ1) is 28.8. The molecule has 0 aliphatic heterocycles. The van der Waals surface area contributed by atoms with Gasteiger partial charge < -0.3 is 20.0 Å². The van der Waals surface area contributed by atoms with Gasteiger partial charge in [0.25, 0.3) is 0 Å². The van der Waals surface area contributed by atoms with Crippen LogP contribution in [0.2, 0.25) is 0 Å². The quantitative estimate of drug-likeness (QED) is 0.551. The van der Waals surface area contributed by atoms with Crippen molar-refractivity contribution in [1.29, 1.82) is 0 Å². The van der Waals surface area contributed by atoms with E-state index in [-0.39, 0.29) is 24.3 Å². The summed E-state index contributed by atoms with van der Waals surface area (Å²) < 4.78 is 0. The molecule has 2 aliphatic rings. The number of allylic oxidation sites excluding steroid dienone is 8. The highest BCUT2D eigenvalue weighted by molar-refractivity contribution is 4.93. The minimum absolute atomic E-state index is 0.201. The van der Waals surface area contributed by atoms with Crippen molar-refractivity contribution in [3.8, 4) is 0 Å². The maximum absolute atomic E-state index is 10.1. The largest absolute Gasteiger partial charge is 0.391 e. The second-order valence-corrected chi connectivity index (χ2v) is 9.55. The summed E-state index contributed by atoms with van der Waals surface area (Å²) in [6, 6.07) is 0.579. The second-order valence-electron chi connectivity index (χ2n) is 9.55. The molecule has 0 radical (unpaired) electrons. The van der Waals surface area contributed by atoms with Crippen LogP contribution in [0.25, 0.3) is 0 Å². The SMILES string of the molecule is CN(C)[C@@H]1CC/C=C/CC/C=C/CC[C@H]1O.CN(C)[C@H]1CC/C=C/CC/C=C/CC[C@H]1O. The fourth-order valence-electron chi connectivity index (χ4n) is 4.37. The molecule has 184 valence electrons. The fourth-order valence-corrected chi connectivity index (χ4v) is 4.37. The molecule has 2 aliphatic carbocycles. The topological polar surface area (TPSA) is 46.9 Å². The minimum Gasteiger partial charge on any atom is -0.391 e. The number of nitrogens with zero attached hydrogens (tertiary/aromatic N) is 2. The number of hydrogen-bond acceptors (Lipinski definition) is 4. The molecule has 4 atom stereocenters. The summed E-state index contributed by atoms with van der Waals surface area (Å²) in [5.41, 5.74) is 0. The van der Waals surface area contributed by atoms with E-state index in [0.29, 0.717) is 0 Å². The number of hydrogen-bond donors (Lipinski definition) is 2. The third kappa shape index (κ3) is 13.4. The highest BCUT2D eigenvalue weighted by atomic mass is 16.3. The summed E-state index contributed by atoms with van der Waals surface area (Å²) >= 11 is 0. The molecule has 0 spiro atoms. The molecule has 2 rings (SSSR count). The number of aliphatic hydroxyl groups excluding tert-OH is 2. The molecule has 2 N–H and O–H groups in total. The highest BCUT2D eigenvalue weighted by Crippen LogP contribution is 2.16. The first-order valence-corrected chi connectivity index (χ1v) is 12.7. The lowest BCUT2D eigenvalue weighted by atomic mass is 9.99. The molecule has 0 heterocycles. The first-order chi connectivity index (χ1) is 15.4. The molecule has 0 fully saturated rings. The van der Waals surface area contributed by atoms with Gasteiger partial charge in [-0.3, -0.25) is 0 Å². The Hall–Kier alpha value is -1.20. The summed E-state index contributed by atoms with van der Waals surface area (Å²) in [4.78, 5) is 4.29. The van der Waals surface area contributed by atoms with Gasteiger partial charge in [-0.05, 0) is 105 Å². The number of rotatable bonds is 2. The lowest BCUT2D eigenvalue weighted by molar-refractivity contribution is 0.0654. The van der Waals surface area contributed by atoms with E-state index >= 15 is 0 Å². The van der Waals surface area contributed by atoms with Gasteiger partial charge in [-0.1, -0.05) is 48.6 Å². The van der Waals surface area contributed by atoms with E-state index in [0.717, 1.165) is 77.0 Å². The van der Waals surface area contributed by atoms with E-state index in [2.05, 4.69) is 86.6 Å². The van der Waals surface area contributed by atoms with Gasteiger partial charge in [0.05, 0.1) is 12.2 Å². The molecule has 0 aromatic heterocycles. The Balaban J connectivity index is 0.000000320. The zero-order chi connectivity index (χ0) is 23.6. The minimum atomic E-state index is -0.201. The van der Waals surface area contributed by atoms with Crippen molar-refractivity contribution in [1.82, 2.24) is 9.80 Å². The molecule has 4 nitrogen and oxygen atoms in total. The van der Waals surface area contributed by atoms with Crippen LogP contribution in [0.4, 0.5) is 0 Å². The van der Waals surface area contributed by atoms with Crippen LogP contribution >= 0.6 is 0 Å². The number of likely N-dealkylation sites (N-methyl/N-ethyl adjacent to an activating group) is 2. The molecule has 0 saturated heterocycles. The lowest BCUT2D eigenvalue weighted by Crippen LogP contribution is -2.38. The monoisotopic (exact) mass is 446 g/mol. The average Bonchev–Trinajstić information content (AvgIpc) is 2.73. The van der Waals surface area contributed by atoms with E-state index in [1.54, 1.807) is 0 Å². The first-order valence-electron chi connectivity index (χ1n) is 12.7. The van der Waals surface area contributed by atoms with E-state index in [4.69, 9.17) is 0 Å².